The van der Waals surface area contributed by atoms with Crippen molar-refractivity contribution in [2.45, 2.75) is 39.8 Å². The van der Waals surface area contributed by atoms with Crippen LogP contribution in [0.3, 0.4) is 0 Å². The molecule has 0 unspecified atom stereocenters. The molecular weight excluding hydrogens is 478 g/mol. The fourth-order valence-electron chi connectivity index (χ4n) is 3.75. The molecule has 0 spiro atoms. The van der Waals surface area contributed by atoms with Crippen molar-refractivity contribution in [2.75, 3.05) is 0 Å². The van der Waals surface area contributed by atoms with E-state index < -0.39 is 22.9 Å². The van der Waals surface area contributed by atoms with Gasteiger partial charge in [-0.15, -0.1) is 0 Å². The average Bonchev–Trinajstić information content (AvgIpc) is 3.19. The van der Waals surface area contributed by atoms with Crippen LogP contribution in [0.1, 0.15) is 32.0 Å². The van der Waals surface area contributed by atoms with Gasteiger partial charge in [-0.25, -0.2) is 19.1 Å². The fourth-order valence-corrected chi connectivity index (χ4v) is 4.10. The van der Waals surface area contributed by atoms with Crippen LogP contribution in [0.25, 0.3) is 22.1 Å². The van der Waals surface area contributed by atoms with Gasteiger partial charge >= 0.3 is 11.8 Å². The van der Waals surface area contributed by atoms with E-state index in [4.69, 9.17) is 4.74 Å². The number of carbonyl (C=O) groups excluding carboxylic acids is 1. The molecule has 4 rings (SSSR count). The summed E-state index contributed by atoms with van der Waals surface area (Å²) in [5.74, 6) is 0. The maximum atomic E-state index is 13.3. The van der Waals surface area contributed by atoms with Crippen LogP contribution in [0, 0.1) is 6.92 Å². The molecule has 0 aliphatic carbocycles. The van der Waals surface area contributed by atoms with Crippen LogP contribution in [0.15, 0.2) is 38.6 Å². The van der Waals surface area contributed by atoms with Gasteiger partial charge < -0.3 is 9.30 Å². The zero-order chi connectivity index (χ0) is 23.5. The first-order valence-electron chi connectivity index (χ1n) is 10.0. The molecule has 0 radical (unpaired) electrons. The summed E-state index contributed by atoms with van der Waals surface area (Å²) in [5.41, 5.74) is 1.01. The van der Waals surface area contributed by atoms with E-state index in [0.717, 1.165) is 15.5 Å². The molecule has 0 saturated carbocycles. The van der Waals surface area contributed by atoms with Crippen LogP contribution in [0.5, 0.6) is 0 Å². The third kappa shape index (κ3) is 3.58. The quantitative estimate of drug-likeness (QED) is 0.393. The fraction of sp³-hybridized carbons (Fsp3) is 0.364. The molecule has 0 aliphatic heterocycles. The van der Waals surface area contributed by atoms with Gasteiger partial charge in [0.2, 0.25) is 0 Å². The van der Waals surface area contributed by atoms with Crippen molar-refractivity contribution < 1.29 is 9.53 Å². The Hall–Kier alpha value is -3.14. The van der Waals surface area contributed by atoms with E-state index in [-0.39, 0.29) is 17.7 Å². The Morgan fingerprint density at radius 3 is 2.47 bits per heavy atom. The minimum atomic E-state index is -0.706. The first kappa shape index (κ1) is 22.1. The molecule has 32 heavy (non-hydrogen) atoms. The molecule has 3 heterocycles. The smallest absolute Gasteiger partial charge is 0.419 e. The highest BCUT2D eigenvalue weighted by Crippen LogP contribution is 2.24. The van der Waals surface area contributed by atoms with Gasteiger partial charge in [-0.3, -0.25) is 13.9 Å². The maximum absolute atomic E-state index is 13.3. The molecule has 0 N–H and O–H groups in total. The summed E-state index contributed by atoms with van der Waals surface area (Å²) in [7, 11) is 3.25. The van der Waals surface area contributed by atoms with Crippen molar-refractivity contribution in [3.63, 3.8) is 0 Å². The highest BCUT2D eigenvalue weighted by atomic mass is 79.9. The van der Waals surface area contributed by atoms with Gasteiger partial charge in [0, 0.05) is 19.5 Å². The number of aromatic nitrogens is 5. The lowest BCUT2D eigenvalue weighted by atomic mass is 10.2. The van der Waals surface area contributed by atoms with Crippen LogP contribution < -0.4 is 11.2 Å². The Morgan fingerprint density at radius 2 is 1.81 bits per heavy atom. The summed E-state index contributed by atoms with van der Waals surface area (Å²) in [5, 5.41) is 0.820. The van der Waals surface area contributed by atoms with E-state index in [2.05, 4.69) is 20.9 Å². The van der Waals surface area contributed by atoms with Crippen molar-refractivity contribution in [1.82, 2.24) is 23.3 Å². The molecule has 3 aromatic heterocycles. The molecule has 0 aliphatic rings. The lowest BCUT2D eigenvalue weighted by Gasteiger charge is -2.21. The lowest BCUT2D eigenvalue weighted by molar-refractivity contribution is 0.0540. The topological polar surface area (TPSA) is 93.0 Å². The van der Waals surface area contributed by atoms with Gasteiger partial charge in [-0.05, 0) is 61.8 Å². The molecule has 0 fully saturated rings. The number of benzene rings is 1. The summed E-state index contributed by atoms with van der Waals surface area (Å²) < 4.78 is 11.5. The first-order valence-corrected chi connectivity index (χ1v) is 10.8. The predicted molar refractivity (Wildman–Crippen MR) is 125 cm³/mol. The number of hydrogen-bond acceptors (Lipinski definition) is 5. The van der Waals surface area contributed by atoms with E-state index in [0.29, 0.717) is 15.9 Å². The van der Waals surface area contributed by atoms with E-state index in [1.165, 1.54) is 9.13 Å². The van der Waals surface area contributed by atoms with Gasteiger partial charge in [-0.2, -0.15) is 0 Å². The highest BCUT2D eigenvalue weighted by molar-refractivity contribution is 9.10. The van der Waals surface area contributed by atoms with E-state index in [1.807, 2.05) is 31.2 Å². The molecule has 0 saturated heterocycles. The number of hydrogen-bond donors (Lipinski definition) is 0. The minimum absolute atomic E-state index is 0.1000. The second-order valence-electron chi connectivity index (χ2n) is 8.86. The van der Waals surface area contributed by atoms with Crippen molar-refractivity contribution in [3.05, 3.63) is 61.1 Å². The SMILES string of the molecule is Cc1ccc2c(c1)cc(Cn1c(=O)c3c(nc(Br)n3C)n(C)c1=O)n2C(=O)OC(C)(C)C. The van der Waals surface area contributed by atoms with Crippen LogP contribution in [0.4, 0.5) is 4.79 Å². The Labute approximate surface area is 192 Å². The third-order valence-corrected chi connectivity index (χ3v) is 5.94. The van der Waals surface area contributed by atoms with Gasteiger partial charge in [0.1, 0.15) is 5.60 Å². The van der Waals surface area contributed by atoms with Crippen LogP contribution in [-0.2, 0) is 25.4 Å². The lowest BCUT2D eigenvalue weighted by Crippen LogP contribution is -2.40. The number of halogens is 1. The van der Waals surface area contributed by atoms with Crippen LogP contribution >= 0.6 is 15.9 Å². The number of aryl methyl sites for hydroxylation is 3. The number of rotatable bonds is 2. The molecule has 0 bridgehead atoms. The zero-order valence-electron chi connectivity index (χ0n) is 18.8. The Balaban J connectivity index is 1.96. The Bertz CT molecular complexity index is 1510. The number of imidazole rings is 1. The Morgan fingerprint density at radius 1 is 1.12 bits per heavy atom. The van der Waals surface area contributed by atoms with Gasteiger partial charge in [-0.1, -0.05) is 11.6 Å². The third-order valence-electron chi connectivity index (χ3n) is 5.23. The average molecular weight is 502 g/mol. The van der Waals surface area contributed by atoms with Crippen molar-refractivity contribution in [1.29, 1.82) is 0 Å². The molecule has 10 heteroatoms. The zero-order valence-corrected chi connectivity index (χ0v) is 20.3. The predicted octanol–water partition coefficient (Wildman–Crippen LogP) is 3.29. The highest BCUT2D eigenvalue weighted by Gasteiger charge is 2.24. The summed E-state index contributed by atoms with van der Waals surface area (Å²) in [4.78, 5) is 43.7. The second kappa shape index (κ2) is 7.47. The van der Waals surface area contributed by atoms with E-state index in [1.54, 1.807) is 39.4 Å². The summed E-state index contributed by atoms with van der Waals surface area (Å²) >= 11 is 3.30. The van der Waals surface area contributed by atoms with Gasteiger partial charge in [0.05, 0.1) is 17.8 Å². The van der Waals surface area contributed by atoms with Crippen molar-refractivity contribution >= 4 is 44.1 Å². The normalized spacial score (nSPS) is 12.1. The van der Waals surface area contributed by atoms with Crippen molar-refractivity contribution in [2.24, 2.45) is 14.1 Å². The molecule has 168 valence electrons. The molecule has 1 aromatic carbocycles. The standard InChI is InChI=1S/C22H24BrN5O4/c1-12-7-8-15-13(9-12)10-14(28(15)21(31)32-22(2,3)4)11-27-18(29)16-17(26(6)20(27)30)24-19(23)25(16)5/h7-10H,11H2,1-6H3. The molecule has 4 aromatic rings. The number of ether oxygens (including phenoxy) is 1. The molecule has 0 atom stereocenters. The molecule has 9 nitrogen and oxygen atoms in total. The summed E-state index contributed by atoms with van der Waals surface area (Å²) in [6.45, 7) is 7.22. The van der Waals surface area contributed by atoms with E-state index in [9.17, 15) is 14.4 Å². The summed E-state index contributed by atoms with van der Waals surface area (Å²) in [6, 6.07) is 7.49. The van der Waals surface area contributed by atoms with Crippen LogP contribution in [-0.4, -0.2) is 34.9 Å². The van der Waals surface area contributed by atoms with E-state index >= 15 is 0 Å². The van der Waals surface area contributed by atoms with Crippen LogP contribution in [0.2, 0.25) is 0 Å². The largest absolute Gasteiger partial charge is 0.443 e. The minimum Gasteiger partial charge on any atom is -0.443 e. The van der Waals surface area contributed by atoms with Crippen molar-refractivity contribution in [3.8, 4) is 0 Å². The number of nitrogens with zero attached hydrogens (tertiary/aromatic N) is 5. The second-order valence-corrected chi connectivity index (χ2v) is 9.57. The Kier molecular flexibility index (Phi) is 5.15. The molecular formula is C22H24BrN5O4. The number of carbonyl (C=O) groups is 1. The maximum Gasteiger partial charge on any atom is 0.419 e. The van der Waals surface area contributed by atoms with Gasteiger partial charge in [0.25, 0.3) is 5.56 Å². The first-order chi connectivity index (χ1) is 14.9. The van der Waals surface area contributed by atoms with Gasteiger partial charge in [0.15, 0.2) is 15.9 Å². The molecule has 0 amide bonds. The summed E-state index contributed by atoms with van der Waals surface area (Å²) in [6.07, 6.45) is -0.569. The number of fused-ring (bicyclic) bond motifs is 2. The monoisotopic (exact) mass is 501 g/mol.